The lowest BCUT2D eigenvalue weighted by atomic mass is 10.1. The molecule has 1 atom stereocenters. The van der Waals surface area contributed by atoms with Crippen molar-refractivity contribution >= 4 is 5.91 Å². The maximum absolute atomic E-state index is 12.4. The summed E-state index contributed by atoms with van der Waals surface area (Å²) >= 11 is 0. The molecule has 0 aliphatic carbocycles. The van der Waals surface area contributed by atoms with Crippen LogP contribution < -0.4 is 0 Å². The quantitative estimate of drug-likeness (QED) is 0.833. The van der Waals surface area contributed by atoms with E-state index in [-0.39, 0.29) is 12.0 Å². The molecule has 1 unspecified atom stereocenters. The van der Waals surface area contributed by atoms with Crippen molar-refractivity contribution in [1.29, 1.82) is 0 Å². The molecule has 0 N–H and O–H groups in total. The van der Waals surface area contributed by atoms with Gasteiger partial charge in [0.1, 0.15) is 5.82 Å². The van der Waals surface area contributed by atoms with Gasteiger partial charge in [-0.1, -0.05) is 0 Å². The molecule has 3 heterocycles. The number of aromatic nitrogens is 2. The van der Waals surface area contributed by atoms with Crippen LogP contribution >= 0.6 is 0 Å². The Morgan fingerprint density at radius 3 is 2.95 bits per heavy atom. The molecule has 2 aliphatic rings. The Balaban J connectivity index is 1.48. The van der Waals surface area contributed by atoms with Crippen LogP contribution in [-0.2, 0) is 23.1 Å². The fraction of sp³-hybridized carbons (Fsp3) is 0.750. The number of carbonyl (C=O) groups excluding carboxylic acids is 1. The topological polar surface area (TPSA) is 50.6 Å². The van der Waals surface area contributed by atoms with E-state index < -0.39 is 0 Å². The van der Waals surface area contributed by atoms with Crippen LogP contribution in [-0.4, -0.2) is 64.1 Å². The van der Waals surface area contributed by atoms with Crippen molar-refractivity contribution in [3.63, 3.8) is 0 Å². The second kappa shape index (κ2) is 7.24. The van der Waals surface area contributed by atoms with E-state index in [1.54, 1.807) is 0 Å². The van der Waals surface area contributed by atoms with Crippen molar-refractivity contribution in [2.24, 2.45) is 7.05 Å². The van der Waals surface area contributed by atoms with Gasteiger partial charge in [0.15, 0.2) is 0 Å². The molecular formula is C16H26N4O2. The fourth-order valence-corrected chi connectivity index (χ4v) is 3.26. The summed E-state index contributed by atoms with van der Waals surface area (Å²) in [7, 11) is 2.03. The Morgan fingerprint density at radius 1 is 1.32 bits per heavy atom. The number of nitrogens with zero attached hydrogens (tertiary/aromatic N) is 4. The SMILES string of the molecule is Cn1ccnc1CN1CCCN(C(=O)CC2CCCO2)CC1. The third-order valence-corrected chi connectivity index (χ3v) is 4.65. The van der Waals surface area contributed by atoms with Crippen LogP contribution in [0.2, 0.25) is 0 Å². The summed E-state index contributed by atoms with van der Waals surface area (Å²) in [6, 6.07) is 0. The highest BCUT2D eigenvalue weighted by atomic mass is 16.5. The Labute approximate surface area is 132 Å². The van der Waals surface area contributed by atoms with E-state index in [4.69, 9.17) is 4.74 Å². The molecule has 6 heteroatoms. The molecule has 0 spiro atoms. The number of hydrogen-bond donors (Lipinski definition) is 0. The van der Waals surface area contributed by atoms with Crippen LogP contribution in [0.25, 0.3) is 0 Å². The van der Waals surface area contributed by atoms with Crippen molar-refractivity contribution < 1.29 is 9.53 Å². The highest BCUT2D eigenvalue weighted by Gasteiger charge is 2.24. The second-order valence-electron chi connectivity index (χ2n) is 6.30. The molecule has 2 fully saturated rings. The first kappa shape index (κ1) is 15.5. The average molecular weight is 306 g/mol. The predicted molar refractivity (Wildman–Crippen MR) is 83.3 cm³/mol. The molecule has 0 bridgehead atoms. The molecule has 22 heavy (non-hydrogen) atoms. The monoisotopic (exact) mass is 306 g/mol. The zero-order chi connectivity index (χ0) is 15.4. The summed E-state index contributed by atoms with van der Waals surface area (Å²) in [6.45, 7) is 5.30. The molecule has 2 aliphatic heterocycles. The van der Waals surface area contributed by atoms with Crippen LogP contribution in [0.5, 0.6) is 0 Å². The third kappa shape index (κ3) is 3.87. The van der Waals surface area contributed by atoms with E-state index in [2.05, 4.69) is 14.5 Å². The third-order valence-electron chi connectivity index (χ3n) is 4.65. The number of hydrogen-bond acceptors (Lipinski definition) is 4. The van der Waals surface area contributed by atoms with E-state index in [0.717, 1.165) is 64.4 Å². The summed E-state index contributed by atoms with van der Waals surface area (Å²) in [6.07, 6.45) is 7.68. The average Bonchev–Trinajstić information content (AvgIpc) is 3.08. The standard InChI is InChI=1S/C16H26N4O2/c1-18-8-5-17-15(18)13-19-6-3-7-20(10-9-19)16(21)12-14-4-2-11-22-14/h5,8,14H,2-4,6-7,9-13H2,1H3. The van der Waals surface area contributed by atoms with Crippen LogP contribution in [0, 0.1) is 0 Å². The van der Waals surface area contributed by atoms with Gasteiger partial charge < -0.3 is 14.2 Å². The van der Waals surface area contributed by atoms with Gasteiger partial charge in [0.05, 0.1) is 19.1 Å². The zero-order valence-corrected chi connectivity index (χ0v) is 13.4. The molecule has 122 valence electrons. The van der Waals surface area contributed by atoms with Crippen LogP contribution in [0.1, 0.15) is 31.5 Å². The van der Waals surface area contributed by atoms with Gasteiger partial charge in [-0.2, -0.15) is 0 Å². The van der Waals surface area contributed by atoms with Crippen molar-refractivity contribution in [2.75, 3.05) is 32.8 Å². The Hall–Kier alpha value is -1.40. The molecule has 0 aromatic carbocycles. The van der Waals surface area contributed by atoms with Gasteiger partial charge in [0.2, 0.25) is 5.91 Å². The first-order valence-electron chi connectivity index (χ1n) is 8.30. The van der Waals surface area contributed by atoms with Gasteiger partial charge in [-0.3, -0.25) is 9.69 Å². The van der Waals surface area contributed by atoms with Gasteiger partial charge in [-0.15, -0.1) is 0 Å². The van der Waals surface area contributed by atoms with E-state index >= 15 is 0 Å². The molecule has 1 aromatic heterocycles. The van der Waals surface area contributed by atoms with Crippen molar-refractivity contribution in [3.8, 4) is 0 Å². The summed E-state index contributed by atoms with van der Waals surface area (Å²) in [5, 5.41) is 0. The first-order valence-corrected chi connectivity index (χ1v) is 8.30. The lowest BCUT2D eigenvalue weighted by molar-refractivity contribution is -0.133. The van der Waals surface area contributed by atoms with Gasteiger partial charge in [0.25, 0.3) is 0 Å². The molecular weight excluding hydrogens is 280 g/mol. The van der Waals surface area contributed by atoms with Crippen molar-refractivity contribution in [3.05, 3.63) is 18.2 Å². The van der Waals surface area contributed by atoms with Gasteiger partial charge in [-0.25, -0.2) is 4.98 Å². The summed E-state index contributed by atoms with van der Waals surface area (Å²) < 4.78 is 7.64. The molecule has 1 amide bonds. The van der Waals surface area contributed by atoms with E-state index in [1.807, 2.05) is 24.3 Å². The van der Waals surface area contributed by atoms with E-state index in [1.165, 1.54) is 0 Å². The minimum Gasteiger partial charge on any atom is -0.378 e. The summed E-state index contributed by atoms with van der Waals surface area (Å²) in [4.78, 5) is 21.2. The highest BCUT2D eigenvalue weighted by molar-refractivity contribution is 5.76. The maximum atomic E-state index is 12.4. The number of rotatable bonds is 4. The van der Waals surface area contributed by atoms with E-state index in [0.29, 0.717) is 6.42 Å². The number of amides is 1. The molecule has 1 aromatic rings. The fourth-order valence-electron chi connectivity index (χ4n) is 3.26. The molecule has 3 rings (SSSR count). The first-order chi connectivity index (χ1) is 10.7. The van der Waals surface area contributed by atoms with Gasteiger partial charge in [-0.05, 0) is 19.3 Å². The molecule has 0 radical (unpaired) electrons. The Bertz CT molecular complexity index is 496. The number of ether oxygens (including phenoxy) is 1. The van der Waals surface area contributed by atoms with Crippen molar-refractivity contribution in [1.82, 2.24) is 19.4 Å². The summed E-state index contributed by atoms with van der Waals surface area (Å²) in [5.41, 5.74) is 0. The molecule has 6 nitrogen and oxygen atoms in total. The lowest BCUT2D eigenvalue weighted by Gasteiger charge is -2.23. The molecule has 2 saturated heterocycles. The number of carbonyl (C=O) groups is 1. The predicted octanol–water partition coefficient (Wildman–Crippen LogP) is 1.02. The Kier molecular flexibility index (Phi) is 5.10. The summed E-state index contributed by atoms with van der Waals surface area (Å²) in [5.74, 6) is 1.34. The minimum atomic E-state index is 0.152. The largest absolute Gasteiger partial charge is 0.378 e. The smallest absolute Gasteiger partial charge is 0.225 e. The number of imidazole rings is 1. The number of aryl methyl sites for hydroxylation is 1. The van der Waals surface area contributed by atoms with Crippen LogP contribution in [0.15, 0.2) is 12.4 Å². The normalized spacial score (nSPS) is 23.7. The van der Waals surface area contributed by atoms with Crippen LogP contribution in [0.3, 0.4) is 0 Å². The van der Waals surface area contributed by atoms with Crippen LogP contribution in [0.4, 0.5) is 0 Å². The van der Waals surface area contributed by atoms with Gasteiger partial charge >= 0.3 is 0 Å². The Morgan fingerprint density at radius 2 is 2.23 bits per heavy atom. The van der Waals surface area contributed by atoms with E-state index in [9.17, 15) is 4.79 Å². The zero-order valence-electron chi connectivity index (χ0n) is 13.4. The highest BCUT2D eigenvalue weighted by Crippen LogP contribution is 2.17. The van der Waals surface area contributed by atoms with Gasteiger partial charge in [0, 0.05) is 52.2 Å². The van der Waals surface area contributed by atoms with Crippen molar-refractivity contribution in [2.45, 2.75) is 38.3 Å². The molecule has 0 saturated carbocycles. The lowest BCUT2D eigenvalue weighted by Crippen LogP contribution is -2.36. The second-order valence-corrected chi connectivity index (χ2v) is 6.30. The maximum Gasteiger partial charge on any atom is 0.225 e. The minimum absolute atomic E-state index is 0.152.